The minimum Gasteiger partial charge on any atom is -0.347 e. The van der Waals surface area contributed by atoms with Crippen LogP contribution in [0.3, 0.4) is 0 Å². The van der Waals surface area contributed by atoms with Crippen LogP contribution in [-0.2, 0) is 6.42 Å². The predicted molar refractivity (Wildman–Crippen MR) is 62.6 cm³/mol. The van der Waals surface area contributed by atoms with Gasteiger partial charge in [0.15, 0.2) is 0 Å². The van der Waals surface area contributed by atoms with Gasteiger partial charge >= 0.3 is 0 Å². The number of amides is 1. The molecule has 2 aliphatic rings. The predicted octanol–water partition coefficient (Wildman–Crippen LogP) is 1.19. The molecule has 3 nitrogen and oxygen atoms in total. The minimum atomic E-state index is -0.387. The molecule has 0 aliphatic carbocycles. The van der Waals surface area contributed by atoms with Crippen molar-refractivity contribution in [3.63, 3.8) is 0 Å². The number of benzene rings is 1. The molecule has 0 saturated carbocycles. The Morgan fingerprint density at radius 3 is 3.00 bits per heavy atom. The Morgan fingerprint density at radius 1 is 1.41 bits per heavy atom. The van der Waals surface area contributed by atoms with Crippen LogP contribution < -0.4 is 10.6 Å². The van der Waals surface area contributed by atoms with Crippen molar-refractivity contribution in [3.05, 3.63) is 34.6 Å². The summed E-state index contributed by atoms with van der Waals surface area (Å²) in [4.78, 5) is 11.9. The second-order valence-electron chi connectivity index (χ2n) is 4.74. The lowest BCUT2D eigenvalue weighted by molar-refractivity contribution is 0.0919. The van der Waals surface area contributed by atoms with Crippen molar-refractivity contribution < 1.29 is 9.18 Å². The van der Waals surface area contributed by atoms with E-state index in [1.165, 1.54) is 6.07 Å². The number of halogens is 1. The van der Waals surface area contributed by atoms with E-state index >= 15 is 0 Å². The van der Waals surface area contributed by atoms with Crippen LogP contribution in [0, 0.1) is 5.82 Å². The number of aryl methyl sites for hydroxylation is 1. The molecule has 2 atom stereocenters. The number of carbonyl (C=O) groups is 1. The summed E-state index contributed by atoms with van der Waals surface area (Å²) < 4.78 is 13.9. The summed E-state index contributed by atoms with van der Waals surface area (Å²) in [5.41, 5.74) is 2.08. The lowest BCUT2D eigenvalue weighted by Crippen LogP contribution is -2.44. The molecule has 1 amide bonds. The summed E-state index contributed by atoms with van der Waals surface area (Å²) in [5.74, 6) is -0.448. The lowest BCUT2D eigenvalue weighted by atomic mass is 9.85. The molecule has 1 aromatic carbocycles. The SMILES string of the molecule is CCc1cc(F)c2c(c1)[C@H]1CNC[C@@H]1NC2=O. The Kier molecular flexibility index (Phi) is 2.40. The van der Waals surface area contributed by atoms with Crippen LogP contribution in [0.4, 0.5) is 4.39 Å². The van der Waals surface area contributed by atoms with Crippen molar-refractivity contribution in [1.82, 2.24) is 10.6 Å². The third-order valence-corrected chi connectivity index (χ3v) is 3.75. The maximum absolute atomic E-state index is 13.9. The highest BCUT2D eigenvalue weighted by Gasteiger charge is 2.38. The average Bonchev–Trinajstić information content (AvgIpc) is 2.76. The zero-order valence-corrected chi connectivity index (χ0v) is 9.72. The smallest absolute Gasteiger partial charge is 0.254 e. The van der Waals surface area contributed by atoms with E-state index in [0.717, 1.165) is 30.6 Å². The van der Waals surface area contributed by atoms with Gasteiger partial charge in [0.2, 0.25) is 0 Å². The fourth-order valence-corrected chi connectivity index (χ4v) is 2.82. The third-order valence-electron chi connectivity index (χ3n) is 3.75. The molecule has 0 aromatic heterocycles. The van der Waals surface area contributed by atoms with Gasteiger partial charge in [0.1, 0.15) is 5.82 Å². The zero-order valence-electron chi connectivity index (χ0n) is 9.72. The number of nitrogens with one attached hydrogen (secondary N) is 2. The van der Waals surface area contributed by atoms with Crippen LogP contribution >= 0.6 is 0 Å². The molecule has 1 saturated heterocycles. The lowest BCUT2D eigenvalue weighted by Gasteiger charge is -2.28. The second kappa shape index (κ2) is 3.81. The van der Waals surface area contributed by atoms with Crippen LogP contribution in [0.5, 0.6) is 0 Å². The molecular weight excluding hydrogens is 219 g/mol. The Balaban J connectivity index is 2.17. The first kappa shape index (κ1) is 10.7. The number of hydrogen-bond acceptors (Lipinski definition) is 2. The third kappa shape index (κ3) is 1.55. The van der Waals surface area contributed by atoms with Gasteiger partial charge in [-0.2, -0.15) is 0 Å². The highest BCUT2D eigenvalue weighted by Crippen LogP contribution is 2.32. The van der Waals surface area contributed by atoms with E-state index < -0.39 is 0 Å². The van der Waals surface area contributed by atoms with E-state index in [1.807, 2.05) is 13.0 Å². The van der Waals surface area contributed by atoms with Crippen molar-refractivity contribution in [2.24, 2.45) is 0 Å². The van der Waals surface area contributed by atoms with Crippen molar-refractivity contribution >= 4 is 5.91 Å². The molecular formula is C13H15FN2O. The molecule has 3 rings (SSSR count). The average molecular weight is 234 g/mol. The number of hydrogen-bond donors (Lipinski definition) is 2. The summed E-state index contributed by atoms with van der Waals surface area (Å²) in [6.07, 6.45) is 0.788. The van der Waals surface area contributed by atoms with Crippen molar-refractivity contribution in [2.75, 3.05) is 13.1 Å². The molecule has 0 unspecified atom stereocenters. The van der Waals surface area contributed by atoms with E-state index in [-0.39, 0.29) is 29.2 Å². The van der Waals surface area contributed by atoms with E-state index in [9.17, 15) is 9.18 Å². The second-order valence-corrected chi connectivity index (χ2v) is 4.74. The van der Waals surface area contributed by atoms with E-state index in [2.05, 4.69) is 10.6 Å². The summed E-state index contributed by atoms with van der Waals surface area (Å²) in [6, 6.07) is 3.57. The first-order valence-corrected chi connectivity index (χ1v) is 6.04. The van der Waals surface area contributed by atoms with Gasteiger partial charge in [-0.15, -0.1) is 0 Å². The van der Waals surface area contributed by atoms with Crippen molar-refractivity contribution in [1.29, 1.82) is 0 Å². The summed E-state index contributed by atoms with van der Waals surface area (Å²) in [6.45, 7) is 3.58. The van der Waals surface area contributed by atoms with Crippen LogP contribution in [-0.4, -0.2) is 25.0 Å². The molecule has 2 aliphatic heterocycles. The molecule has 17 heavy (non-hydrogen) atoms. The standard InChI is InChI=1S/C13H15FN2O/c1-2-7-3-8-9-5-15-6-11(9)16-13(17)12(8)10(14)4-7/h3-4,9,11,15H,2,5-6H2,1H3,(H,16,17)/t9-,11+/m1/s1. The highest BCUT2D eigenvalue weighted by molar-refractivity contribution is 5.98. The Hall–Kier alpha value is -1.42. The van der Waals surface area contributed by atoms with Gasteiger partial charge in [-0.25, -0.2) is 4.39 Å². The molecule has 0 bridgehead atoms. The van der Waals surface area contributed by atoms with E-state index in [4.69, 9.17) is 0 Å². The fourth-order valence-electron chi connectivity index (χ4n) is 2.82. The maximum atomic E-state index is 13.9. The molecule has 1 fully saturated rings. The van der Waals surface area contributed by atoms with Crippen molar-refractivity contribution in [2.45, 2.75) is 25.3 Å². The van der Waals surface area contributed by atoms with Gasteiger partial charge in [-0.3, -0.25) is 4.79 Å². The van der Waals surface area contributed by atoms with Gasteiger partial charge < -0.3 is 10.6 Å². The van der Waals surface area contributed by atoms with Crippen LogP contribution in [0.25, 0.3) is 0 Å². The van der Waals surface area contributed by atoms with Gasteiger partial charge in [-0.05, 0) is 23.6 Å². The molecule has 2 heterocycles. The summed E-state index contributed by atoms with van der Waals surface area (Å²) in [7, 11) is 0. The Bertz CT molecular complexity index is 487. The zero-order chi connectivity index (χ0) is 12.0. The normalized spacial score (nSPS) is 26.4. The van der Waals surface area contributed by atoms with Gasteiger partial charge in [0.25, 0.3) is 5.91 Å². The van der Waals surface area contributed by atoms with Gasteiger partial charge in [-0.1, -0.05) is 13.0 Å². The monoisotopic (exact) mass is 234 g/mol. The molecule has 1 aromatic rings. The maximum Gasteiger partial charge on any atom is 0.254 e. The van der Waals surface area contributed by atoms with E-state index in [0.29, 0.717) is 0 Å². The molecule has 2 N–H and O–H groups in total. The topological polar surface area (TPSA) is 41.1 Å². The molecule has 0 spiro atoms. The molecule has 4 heteroatoms. The highest BCUT2D eigenvalue weighted by atomic mass is 19.1. The quantitative estimate of drug-likeness (QED) is 0.766. The van der Waals surface area contributed by atoms with Crippen molar-refractivity contribution in [3.8, 4) is 0 Å². The summed E-state index contributed by atoms with van der Waals surface area (Å²) in [5, 5.41) is 6.12. The first-order chi connectivity index (χ1) is 8.20. The van der Waals surface area contributed by atoms with E-state index in [1.54, 1.807) is 0 Å². The Labute approximate surface area is 99.4 Å². The number of rotatable bonds is 1. The number of fused-ring (bicyclic) bond motifs is 3. The van der Waals surface area contributed by atoms with Crippen LogP contribution in [0.1, 0.15) is 34.3 Å². The Morgan fingerprint density at radius 2 is 2.24 bits per heavy atom. The van der Waals surface area contributed by atoms with Gasteiger partial charge in [0, 0.05) is 25.0 Å². The molecule has 0 radical (unpaired) electrons. The van der Waals surface area contributed by atoms with Crippen LogP contribution in [0.15, 0.2) is 12.1 Å². The number of carbonyl (C=O) groups excluding carboxylic acids is 1. The first-order valence-electron chi connectivity index (χ1n) is 6.04. The molecule has 90 valence electrons. The summed E-state index contributed by atoms with van der Waals surface area (Å²) >= 11 is 0. The minimum absolute atomic E-state index is 0.113. The largest absolute Gasteiger partial charge is 0.347 e. The van der Waals surface area contributed by atoms with Crippen LogP contribution in [0.2, 0.25) is 0 Å². The van der Waals surface area contributed by atoms with Gasteiger partial charge in [0.05, 0.1) is 5.56 Å². The fraction of sp³-hybridized carbons (Fsp3) is 0.462.